The summed E-state index contributed by atoms with van der Waals surface area (Å²) in [4.78, 5) is 16.5. The summed E-state index contributed by atoms with van der Waals surface area (Å²) < 4.78 is 0.635. The number of aromatic nitrogens is 1. The molecule has 1 aliphatic carbocycles. The van der Waals surface area contributed by atoms with Gasteiger partial charge in [-0.1, -0.05) is 0 Å². The molecule has 1 saturated heterocycles. The number of aliphatic hydroxyl groups excluding tert-OH is 1. The minimum absolute atomic E-state index is 0.0185. The lowest BCUT2D eigenvalue weighted by atomic mass is 10.00. The van der Waals surface area contributed by atoms with Crippen molar-refractivity contribution in [3.63, 3.8) is 0 Å². The SMILES string of the molecule is O=[N+]([O-])c1cnc(N2CC3CCC(O)C3C2)c(Br)c1. The molecule has 2 aliphatic rings. The molecular weight excluding hydrogens is 314 g/mol. The highest BCUT2D eigenvalue weighted by atomic mass is 79.9. The second kappa shape index (κ2) is 4.72. The molecule has 2 fully saturated rings. The molecule has 3 unspecified atom stereocenters. The molecule has 1 aliphatic heterocycles. The van der Waals surface area contributed by atoms with Crippen molar-refractivity contribution in [3.05, 3.63) is 26.9 Å². The molecule has 3 rings (SSSR count). The van der Waals surface area contributed by atoms with Crippen molar-refractivity contribution in [2.24, 2.45) is 11.8 Å². The minimum atomic E-state index is -0.454. The first-order valence-electron chi connectivity index (χ1n) is 6.29. The summed E-state index contributed by atoms with van der Waals surface area (Å²) in [5.41, 5.74) is -0.0185. The molecule has 102 valence electrons. The second-order valence-electron chi connectivity index (χ2n) is 5.23. The molecule has 1 aromatic rings. The van der Waals surface area contributed by atoms with E-state index < -0.39 is 4.92 Å². The van der Waals surface area contributed by atoms with Crippen LogP contribution in [0.15, 0.2) is 16.7 Å². The van der Waals surface area contributed by atoms with E-state index in [1.807, 2.05) is 0 Å². The first kappa shape index (κ1) is 12.8. The van der Waals surface area contributed by atoms with Gasteiger partial charge in [-0.3, -0.25) is 10.1 Å². The van der Waals surface area contributed by atoms with Crippen LogP contribution in [0.2, 0.25) is 0 Å². The van der Waals surface area contributed by atoms with Crippen LogP contribution in [0.3, 0.4) is 0 Å². The Morgan fingerprint density at radius 1 is 1.47 bits per heavy atom. The van der Waals surface area contributed by atoms with Crippen molar-refractivity contribution in [2.75, 3.05) is 18.0 Å². The summed E-state index contributed by atoms with van der Waals surface area (Å²) in [5, 5.41) is 20.6. The Morgan fingerprint density at radius 2 is 2.26 bits per heavy atom. The van der Waals surface area contributed by atoms with Gasteiger partial charge in [0.05, 0.1) is 15.5 Å². The number of hydrogen-bond donors (Lipinski definition) is 1. The number of anilines is 1. The summed E-state index contributed by atoms with van der Waals surface area (Å²) >= 11 is 3.35. The van der Waals surface area contributed by atoms with Crippen molar-refractivity contribution in [2.45, 2.75) is 18.9 Å². The van der Waals surface area contributed by atoms with E-state index in [-0.39, 0.29) is 11.8 Å². The highest BCUT2D eigenvalue weighted by molar-refractivity contribution is 9.10. The largest absolute Gasteiger partial charge is 0.393 e. The Balaban J connectivity index is 1.82. The topological polar surface area (TPSA) is 79.5 Å². The highest BCUT2D eigenvalue weighted by Gasteiger charge is 2.42. The fourth-order valence-electron chi connectivity index (χ4n) is 3.16. The quantitative estimate of drug-likeness (QED) is 0.663. The average Bonchev–Trinajstić information content (AvgIpc) is 2.92. The fraction of sp³-hybridized carbons (Fsp3) is 0.583. The van der Waals surface area contributed by atoms with Crippen molar-refractivity contribution in [1.82, 2.24) is 4.98 Å². The van der Waals surface area contributed by atoms with E-state index in [1.165, 1.54) is 12.3 Å². The molecule has 0 amide bonds. The average molecular weight is 328 g/mol. The molecular formula is C12H14BrN3O3. The standard InChI is InChI=1S/C12H14BrN3O3/c13-10-3-8(16(18)19)4-14-12(10)15-5-7-1-2-11(17)9(7)6-15/h3-4,7,9,11,17H,1-2,5-6H2. The predicted molar refractivity (Wildman–Crippen MR) is 73.0 cm³/mol. The van der Waals surface area contributed by atoms with Crippen LogP contribution in [0.25, 0.3) is 0 Å². The molecule has 0 bridgehead atoms. The number of pyridine rings is 1. The molecule has 6 nitrogen and oxygen atoms in total. The maximum absolute atomic E-state index is 10.7. The molecule has 0 radical (unpaired) electrons. The Hall–Kier alpha value is -1.21. The highest BCUT2D eigenvalue weighted by Crippen LogP contribution is 2.41. The molecule has 1 N–H and O–H groups in total. The maximum atomic E-state index is 10.7. The van der Waals surface area contributed by atoms with Crippen LogP contribution in [0, 0.1) is 22.0 Å². The van der Waals surface area contributed by atoms with Gasteiger partial charge in [-0.25, -0.2) is 4.98 Å². The number of nitrogens with zero attached hydrogens (tertiary/aromatic N) is 3. The van der Waals surface area contributed by atoms with E-state index in [0.29, 0.717) is 16.3 Å². The first-order chi connectivity index (χ1) is 9.06. The zero-order chi connectivity index (χ0) is 13.6. The van der Waals surface area contributed by atoms with Gasteiger partial charge in [0, 0.05) is 25.1 Å². The lowest BCUT2D eigenvalue weighted by Gasteiger charge is -2.20. The molecule has 2 heterocycles. The third kappa shape index (κ3) is 2.21. The molecule has 0 spiro atoms. The van der Waals surface area contributed by atoms with Gasteiger partial charge in [-0.15, -0.1) is 0 Å². The van der Waals surface area contributed by atoms with Crippen molar-refractivity contribution >= 4 is 27.4 Å². The van der Waals surface area contributed by atoms with E-state index in [4.69, 9.17) is 0 Å². The van der Waals surface area contributed by atoms with Gasteiger partial charge >= 0.3 is 0 Å². The number of nitro groups is 1. The molecule has 7 heteroatoms. The predicted octanol–water partition coefficient (Wildman–Crippen LogP) is 1.96. The molecule has 1 aromatic heterocycles. The zero-order valence-corrected chi connectivity index (χ0v) is 11.8. The molecule has 3 atom stereocenters. The maximum Gasteiger partial charge on any atom is 0.288 e. The van der Waals surface area contributed by atoms with E-state index >= 15 is 0 Å². The van der Waals surface area contributed by atoms with E-state index in [1.54, 1.807) is 0 Å². The van der Waals surface area contributed by atoms with Gasteiger partial charge in [-0.05, 0) is 34.7 Å². The van der Waals surface area contributed by atoms with E-state index in [9.17, 15) is 15.2 Å². The van der Waals surface area contributed by atoms with Crippen LogP contribution in [-0.2, 0) is 0 Å². The van der Waals surface area contributed by atoms with Crippen molar-refractivity contribution < 1.29 is 10.0 Å². The Bertz CT molecular complexity index is 525. The summed E-state index contributed by atoms with van der Waals surface area (Å²) in [6, 6.07) is 1.48. The number of hydrogen-bond acceptors (Lipinski definition) is 5. The third-order valence-corrected chi connectivity index (χ3v) is 4.72. The van der Waals surface area contributed by atoms with Crippen LogP contribution in [0.5, 0.6) is 0 Å². The van der Waals surface area contributed by atoms with Crippen molar-refractivity contribution in [1.29, 1.82) is 0 Å². The molecule has 1 saturated carbocycles. The van der Waals surface area contributed by atoms with E-state index in [0.717, 1.165) is 31.7 Å². The fourth-order valence-corrected chi connectivity index (χ4v) is 3.75. The van der Waals surface area contributed by atoms with Gasteiger partial charge in [0.2, 0.25) is 0 Å². The lowest BCUT2D eigenvalue weighted by Crippen LogP contribution is -2.25. The lowest BCUT2D eigenvalue weighted by molar-refractivity contribution is -0.385. The number of aliphatic hydroxyl groups is 1. The monoisotopic (exact) mass is 327 g/mol. The number of fused-ring (bicyclic) bond motifs is 1. The summed E-state index contributed by atoms with van der Waals surface area (Å²) in [6.07, 6.45) is 3.00. The number of halogens is 1. The normalized spacial score (nSPS) is 29.6. The second-order valence-corrected chi connectivity index (χ2v) is 6.08. The van der Waals surface area contributed by atoms with Gasteiger partial charge in [0.15, 0.2) is 0 Å². The van der Waals surface area contributed by atoms with Crippen LogP contribution in [0.4, 0.5) is 11.5 Å². The summed E-state index contributed by atoms with van der Waals surface area (Å²) in [7, 11) is 0. The van der Waals surface area contributed by atoms with Crippen LogP contribution >= 0.6 is 15.9 Å². The minimum Gasteiger partial charge on any atom is -0.393 e. The van der Waals surface area contributed by atoms with Crippen LogP contribution < -0.4 is 4.90 Å². The van der Waals surface area contributed by atoms with Crippen LogP contribution in [0.1, 0.15) is 12.8 Å². The molecule has 0 aromatic carbocycles. The Labute approximate surface area is 118 Å². The number of rotatable bonds is 2. The Morgan fingerprint density at radius 3 is 2.89 bits per heavy atom. The van der Waals surface area contributed by atoms with Gasteiger partial charge < -0.3 is 10.0 Å². The van der Waals surface area contributed by atoms with Gasteiger partial charge in [0.25, 0.3) is 5.69 Å². The summed E-state index contributed by atoms with van der Waals surface area (Å²) in [5.74, 6) is 1.55. The van der Waals surface area contributed by atoms with Crippen molar-refractivity contribution in [3.8, 4) is 0 Å². The summed E-state index contributed by atoms with van der Waals surface area (Å²) in [6.45, 7) is 1.64. The zero-order valence-electron chi connectivity index (χ0n) is 10.2. The van der Waals surface area contributed by atoms with Crippen LogP contribution in [-0.4, -0.2) is 34.2 Å². The third-order valence-electron chi connectivity index (χ3n) is 4.14. The van der Waals surface area contributed by atoms with Gasteiger partial charge in [-0.2, -0.15) is 0 Å². The smallest absolute Gasteiger partial charge is 0.288 e. The first-order valence-corrected chi connectivity index (χ1v) is 7.08. The Kier molecular flexibility index (Phi) is 3.18. The van der Waals surface area contributed by atoms with Gasteiger partial charge in [0.1, 0.15) is 12.0 Å². The van der Waals surface area contributed by atoms with E-state index in [2.05, 4.69) is 25.8 Å². The molecule has 19 heavy (non-hydrogen) atoms.